The van der Waals surface area contributed by atoms with Gasteiger partial charge >= 0.3 is 11.9 Å². The van der Waals surface area contributed by atoms with Gasteiger partial charge in [-0.1, -0.05) is 6.92 Å². The van der Waals surface area contributed by atoms with Gasteiger partial charge in [0.05, 0.1) is 24.3 Å². The van der Waals surface area contributed by atoms with E-state index in [1.165, 1.54) is 11.3 Å². The van der Waals surface area contributed by atoms with Gasteiger partial charge in [-0.3, -0.25) is 14.0 Å². The van der Waals surface area contributed by atoms with Crippen LogP contribution in [0.25, 0.3) is 4.96 Å². The fraction of sp³-hybridized carbons (Fsp3) is 0.263. The smallest absolute Gasteiger partial charge is 0.338 e. The Hall–Kier alpha value is -3.20. The molecule has 0 aliphatic heterocycles. The number of thiazole rings is 1. The predicted molar refractivity (Wildman–Crippen MR) is 103 cm³/mol. The van der Waals surface area contributed by atoms with Crippen LogP contribution >= 0.6 is 11.3 Å². The summed E-state index contributed by atoms with van der Waals surface area (Å²) >= 11 is 1.47. The van der Waals surface area contributed by atoms with Crippen molar-refractivity contribution in [3.05, 3.63) is 53.3 Å². The van der Waals surface area contributed by atoms with E-state index < -0.39 is 24.5 Å². The average molecular weight is 401 g/mol. The van der Waals surface area contributed by atoms with Crippen molar-refractivity contribution in [3.8, 4) is 0 Å². The Bertz CT molecular complexity index is 949. The molecule has 3 rings (SSSR count). The van der Waals surface area contributed by atoms with E-state index in [1.807, 2.05) is 22.9 Å². The van der Waals surface area contributed by atoms with Crippen molar-refractivity contribution >= 4 is 39.8 Å². The van der Waals surface area contributed by atoms with E-state index in [2.05, 4.69) is 10.3 Å². The number of hydrogen-bond acceptors (Lipinski definition) is 7. The molecule has 0 aliphatic rings. The molecule has 0 radical (unpaired) electrons. The van der Waals surface area contributed by atoms with Crippen LogP contribution in [0.1, 0.15) is 29.4 Å². The maximum Gasteiger partial charge on any atom is 0.338 e. The number of benzene rings is 1. The van der Waals surface area contributed by atoms with E-state index in [4.69, 9.17) is 9.47 Å². The minimum atomic E-state index is -0.532. The molecular weight excluding hydrogens is 382 g/mol. The van der Waals surface area contributed by atoms with Crippen molar-refractivity contribution in [2.24, 2.45) is 0 Å². The van der Waals surface area contributed by atoms with Gasteiger partial charge in [0.2, 0.25) is 0 Å². The van der Waals surface area contributed by atoms with Gasteiger partial charge in [0.25, 0.3) is 5.91 Å². The van der Waals surface area contributed by atoms with Crippen molar-refractivity contribution < 1.29 is 23.9 Å². The lowest BCUT2D eigenvalue weighted by atomic mass is 10.2. The number of amides is 1. The van der Waals surface area contributed by atoms with Gasteiger partial charge in [0.1, 0.15) is 0 Å². The maximum absolute atomic E-state index is 11.9. The Morgan fingerprint density at radius 1 is 1.18 bits per heavy atom. The number of nitrogens with zero attached hydrogens (tertiary/aromatic N) is 2. The number of carbonyl (C=O) groups is 3. The Kier molecular flexibility index (Phi) is 6.38. The summed E-state index contributed by atoms with van der Waals surface area (Å²) in [6.45, 7) is 1.87. The Labute approximate surface area is 165 Å². The Morgan fingerprint density at radius 2 is 1.96 bits per heavy atom. The number of imidazole rings is 1. The lowest BCUT2D eigenvalue weighted by molar-refractivity contribution is -0.146. The standard InChI is InChI=1S/C19H19N3O5S/c1-2-8-26-18(25)13-3-5-14(6-4-13)20-16(23)12-27-17(24)10-15-11-22-7-9-28-19(22)21-15/h3-7,9,11H,2,8,10,12H2,1H3,(H,20,23). The van der Waals surface area contributed by atoms with Crippen LogP contribution in [-0.4, -0.2) is 40.4 Å². The van der Waals surface area contributed by atoms with Crippen LogP contribution in [0.5, 0.6) is 0 Å². The minimum absolute atomic E-state index is 0.00372. The van der Waals surface area contributed by atoms with Gasteiger partial charge in [0, 0.05) is 23.5 Å². The first-order valence-electron chi connectivity index (χ1n) is 8.69. The molecule has 0 fully saturated rings. The topological polar surface area (TPSA) is 99.0 Å². The Balaban J connectivity index is 1.43. The highest BCUT2D eigenvalue weighted by Gasteiger charge is 2.12. The Morgan fingerprint density at radius 3 is 2.68 bits per heavy atom. The first-order chi connectivity index (χ1) is 13.5. The fourth-order valence-electron chi connectivity index (χ4n) is 2.37. The summed E-state index contributed by atoms with van der Waals surface area (Å²) < 4.78 is 11.8. The SMILES string of the molecule is CCCOC(=O)c1ccc(NC(=O)COC(=O)Cc2cn3ccsc3n2)cc1. The van der Waals surface area contributed by atoms with E-state index in [0.29, 0.717) is 23.6 Å². The zero-order valence-electron chi connectivity index (χ0n) is 15.2. The number of nitrogens with one attached hydrogen (secondary N) is 1. The van der Waals surface area contributed by atoms with Gasteiger partial charge in [-0.25, -0.2) is 9.78 Å². The highest BCUT2D eigenvalue weighted by atomic mass is 32.1. The highest BCUT2D eigenvalue weighted by Crippen LogP contribution is 2.13. The van der Waals surface area contributed by atoms with Crippen LogP contribution in [0.2, 0.25) is 0 Å². The van der Waals surface area contributed by atoms with Crippen LogP contribution in [0, 0.1) is 0 Å². The third-order valence-electron chi connectivity index (χ3n) is 3.67. The summed E-state index contributed by atoms with van der Waals surface area (Å²) in [7, 11) is 0. The molecule has 9 heteroatoms. The average Bonchev–Trinajstić information content (AvgIpc) is 3.26. The number of esters is 2. The van der Waals surface area contributed by atoms with Gasteiger partial charge in [-0.05, 0) is 30.7 Å². The molecule has 0 saturated carbocycles. The molecule has 146 valence electrons. The second kappa shape index (κ2) is 9.14. The van der Waals surface area contributed by atoms with Crippen LogP contribution < -0.4 is 5.32 Å². The molecule has 2 heterocycles. The quantitative estimate of drug-likeness (QED) is 0.583. The summed E-state index contributed by atoms with van der Waals surface area (Å²) in [4.78, 5) is 40.6. The molecule has 1 aromatic carbocycles. The molecule has 0 unspecified atom stereocenters. The molecule has 1 N–H and O–H groups in total. The molecule has 0 spiro atoms. The fourth-order valence-corrected chi connectivity index (χ4v) is 3.09. The second-order valence-electron chi connectivity index (χ2n) is 5.92. The van der Waals surface area contributed by atoms with Crippen molar-refractivity contribution in [2.75, 3.05) is 18.5 Å². The first-order valence-corrected chi connectivity index (χ1v) is 9.57. The minimum Gasteiger partial charge on any atom is -0.462 e. The van der Waals surface area contributed by atoms with Crippen LogP contribution in [0.3, 0.4) is 0 Å². The summed E-state index contributed by atoms with van der Waals surface area (Å²) in [6, 6.07) is 6.29. The van der Waals surface area contributed by atoms with Crippen molar-refractivity contribution in [1.29, 1.82) is 0 Å². The highest BCUT2D eigenvalue weighted by molar-refractivity contribution is 7.15. The molecule has 1 amide bonds. The van der Waals surface area contributed by atoms with E-state index >= 15 is 0 Å². The van der Waals surface area contributed by atoms with Gasteiger partial charge in [-0.15, -0.1) is 11.3 Å². The second-order valence-corrected chi connectivity index (χ2v) is 6.80. The predicted octanol–water partition coefficient (Wildman–Crippen LogP) is 2.69. The lowest BCUT2D eigenvalue weighted by Crippen LogP contribution is -2.21. The maximum atomic E-state index is 11.9. The molecule has 3 aromatic rings. The molecule has 28 heavy (non-hydrogen) atoms. The molecule has 0 saturated heterocycles. The van der Waals surface area contributed by atoms with Gasteiger partial charge in [0.15, 0.2) is 11.6 Å². The lowest BCUT2D eigenvalue weighted by Gasteiger charge is -2.07. The summed E-state index contributed by atoms with van der Waals surface area (Å²) in [5.74, 6) is -1.41. The van der Waals surface area contributed by atoms with Gasteiger partial charge in [-0.2, -0.15) is 0 Å². The number of hydrogen-bond donors (Lipinski definition) is 1. The third-order valence-corrected chi connectivity index (χ3v) is 4.45. The normalized spacial score (nSPS) is 10.6. The summed E-state index contributed by atoms with van der Waals surface area (Å²) in [6.07, 6.45) is 4.35. The van der Waals surface area contributed by atoms with E-state index in [1.54, 1.807) is 30.5 Å². The number of anilines is 1. The summed E-state index contributed by atoms with van der Waals surface area (Å²) in [5.41, 5.74) is 1.48. The molecule has 0 aliphatic carbocycles. The van der Waals surface area contributed by atoms with Crippen molar-refractivity contribution in [3.63, 3.8) is 0 Å². The largest absolute Gasteiger partial charge is 0.462 e. The third kappa shape index (κ3) is 5.17. The summed E-state index contributed by atoms with van der Waals surface area (Å²) in [5, 5.41) is 4.50. The number of ether oxygens (including phenoxy) is 2. The van der Waals surface area contributed by atoms with Crippen LogP contribution in [0.4, 0.5) is 5.69 Å². The van der Waals surface area contributed by atoms with E-state index in [0.717, 1.165) is 11.4 Å². The van der Waals surface area contributed by atoms with Gasteiger partial charge < -0.3 is 14.8 Å². The molecule has 2 aromatic heterocycles. The number of carbonyl (C=O) groups excluding carboxylic acids is 3. The number of fused-ring (bicyclic) bond motifs is 1. The van der Waals surface area contributed by atoms with Crippen LogP contribution in [0.15, 0.2) is 42.0 Å². The zero-order valence-corrected chi connectivity index (χ0v) is 16.0. The zero-order chi connectivity index (χ0) is 19.9. The molecular formula is C19H19N3O5S. The number of aromatic nitrogens is 2. The van der Waals surface area contributed by atoms with Crippen molar-refractivity contribution in [2.45, 2.75) is 19.8 Å². The van der Waals surface area contributed by atoms with E-state index in [9.17, 15) is 14.4 Å². The van der Waals surface area contributed by atoms with E-state index in [-0.39, 0.29) is 6.42 Å². The number of rotatable bonds is 8. The molecule has 0 bridgehead atoms. The first kappa shape index (κ1) is 19.6. The molecule has 8 nitrogen and oxygen atoms in total. The molecule has 0 atom stereocenters. The monoisotopic (exact) mass is 401 g/mol. The van der Waals surface area contributed by atoms with Crippen molar-refractivity contribution in [1.82, 2.24) is 9.38 Å². The van der Waals surface area contributed by atoms with Crippen LogP contribution in [-0.2, 0) is 25.5 Å².